The fourth-order valence-corrected chi connectivity index (χ4v) is 5.59. The molecule has 1 rings (SSSR count). The summed E-state index contributed by atoms with van der Waals surface area (Å²) in [5.41, 5.74) is 0. The topological polar surface area (TPSA) is 49.4 Å². The largest absolute Gasteiger partial charge is 0.312 e. The number of sulfonamides is 1. The Morgan fingerprint density at radius 3 is 2.65 bits per heavy atom. The van der Waals surface area contributed by atoms with E-state index in [0.717, 1.165) is 30.7 Å². The summed E-state index contributed by atoms with van der Waals surface area (Å²) < 4.78 is 27.2. The zero-order valence-corrected chi connectivity index (χ0v) is 15.5. The Kier molecular flexibility index (Phi) is 7.68. The van der Waals surface area contributed by atoms with E-state index >= 15 is 0 Å². The predicted octanol–water partition coefficient (Wildman–Crippen LogP) is 3.43. The van der Waals surface area contributed by atoms with E-state index in [1.54, 1.807) is 13.1 Å². The molecule has 0 atom stereocenters. The minimum Gasteiger partial charge on any atom is -0.312 e. The molecule has 0 amide bonds. The van der Waals surface area contributed by atoms with E-state index in [9.17, 15) is 8.42 Å². The number of halogens is 1. The first-order valence-electron chi connectivity index (χ1n) is 6.88. The van der Waals surface area contributed by atoms with Gasteiger partial charge in [0.2, 0.25) is 10.0 Å². The standard InChI is InChI=1S/C13H23BrN2O2S2/c1-4-6-7-8-16(3)20(17,18)12-9-11(10-15-5-2)19-13(12)14/h9,15H,4-8,10H2,1-3H3. The third kappa shape index (κ3) is 4.80. The van der Waals surface area contributed by atoms with Gasteiger partial charge in [-0.3, -0.25) is 0 Å². The molecule has 1 aromatic rings. The number of unbranched alkanes of at least 4 members (excludes halogenated alkanes) is 2. The SMILES string of the molecule is CCCCCN(C)S(=O)(=O)c1cc(CNCC)sc1Br. The average Bonchev–Trinajstić information content (AvgIpc) is 2.78. The van der Waals surface area contributed by atoms with Gasteiger partial charge in [-0.15, -0.1) is 11.3 Å². The minimum absolute atomic E-state index is 0.384. The van der Waals surface area contributed by atoms with Crippen LogP contribution in [0.1, 0.15) is 38.0 Å². The Morgan fingerprint density at radius 1 is 1.35 bits per heavy atom. The van der Waals surface area contributed by atoms with E-state index in [2.05, 4.69) is 28.2 Å². The van der Waals surface area contributed by atoms with Crippen molar-refractivity contribution in [1.82, 2.24) is 9.62 Å². The average molecular weight is 383 g/mol. The molecule has 7 heteroatoms. The van der Waals surface area contributed by atoms with Gasteiger partial charge in [-0.1, -0.05) is 26.7 Å². The van der Waals surface area contributed by atoms with Crippen LogP contribution in [0.3, 0.4) is 0 Å². The molecule has 0 unspecified atom stereocenters. The normalized spacial score (nSPS) is 12.2. The molecule has 0 aliphatic heterocycles. The molecule has 1 heterocycles. The molecule has 0 aliphatic carbocycles. The van der Waals surface area contributed by atoms with Crippen molar-refractivity contribution in [2.75, 3.05) is 20.1 Å². The van der Waals surface area contributed by atoms with Crippen molar-refractivity contribution in [1.29, 1.82) is 0 Å². The first kappa shape index (κ1) is 18.1. The zero-order chi connectivity index (χ0) is 15.2. The maximum absolute atomic E-state index is 12.5. The summed E-state index contributed by atoms with van der Waals surface area (Å²) in [6.45, 7) is 6.28. The fourth-order valence-electron chi connectivity index (χ4n) is 1.78. The highest BCUT2D eigenvalue weighted by atomic mass is 79.9. The van der Waals surface area contributed by atoms with Crippen LogP contribution in [0.4, 0.5) is 0 Å². The molecule has 0 aromatic carbocycles. The summed E-state index contributed by atoms with van der Waals surface area (Å²) in [7, 11) is -1.73. The summed E-state index contributed by atoms with van der Waals surface area (Å²) in [6.07, 6.45) is 3.04. The second-order valence-electron chi connectivity index (χ2n) is 4.66. The first-order valence-corrected chi connectivity index (χ1v) is 9.93. The van der Waals surface area contributed by atoms with Gasteiger partial charge in [0.25, 0.3) is 0 Å². The van der Waals surface area contributed by atoms with Crippen molar-refractivity contribution in [3.63, 3.8) is 0 Å². The number of nitrogens with zero attached hydrogens (tertiary/aromatic N) is 1. The Balaban J connectivity index is 2.83. The summed E-state index contributed by atoms with van der Waals surface area (Å²) in [5, 5.41) is 3.21. The maximum Gasteiger partial charge on any atom is 0.244 e. The van der Waals surface area contributed by atoms with Crippen LogP contribution in [0.2, 0.25) is 0 Å². The molecule has 0 fully saturated rings. The highest BCUT2D eigenvalue weighted by molar-refractivity contribution is 9.11. The van der Waals surface area contributed by atoms with Gasteiger partial charge in [0.15, 0.2) is 0 Å². The van der Waals surface area contributed by atoms with E-state index < -0.39 is 10.0 Å². The van der Waals surface area contributed by atoms with Gasteiger partial charge in [0.1, 0.15) is 4.90 Å². The van der Waals surface area contributed by atoms with Crippen LogP contribution in [0, 0.1) is 0 Å². The molecule has 0 spiro atoms. The molecule has 1 aromatic heterocycles. The van der Waals surface area contributed by atoms with E-state index in [0.29, 0.717) is 21.8 Å². The van der Waals surface area contributed by atoms with Crippen molar-refractivity contribution in [2.24, 2.45) is 0 Å². The highest BCUT2D eigenvalue weighted by Gasteiger charge is 2.25. The molecule has 0 bridgehead atoms. The van der Waals surface area contributed by atoms with Gasteiger partial charge in [-0.2, -0.15) is 0 Å². The van der Waals surface area contributed by atoms with Gasteiger partial charge >= 0.3 is 0 Å². The van der Waals surface area contributed by atoms with Crippen LogP contribution in [-0.2, 0) is 16.6 Å². The summed E-state index contributed by atoms with van der Waals surface area (Å²) in [6, 6.07) is 1.77. The van der Waals surface area contributed by atoms with Crippen molar-refractivity contribution in [3.05, 3.63) is 14.7 Å². The fraction of sp³-hybridized carbons (Fsp3) is 0.692. The highest BCUT2D eigenvalue weighted by Crippen LogP contribution is 2.33. The van der Waals surface area contributed by atoms with Gasteiger partial charge in [-0.25, -0.2) is 12.7 Å². The molecule has 116 valence electrons. The van der Waals surface area contributed by atoms with Crippen molar-refractivity contribution in [2.45, 2.75) is 44.6 Å². The Bertz CT molecular complexity index is 514. The summed E-state index contributed by atoms with van der Waals surface area (Å²) in [4.78, 5) is 1.41. The first-order chi connectivity index (χ1) is 9.43. The molecule has 0 saturated heterocycles. The van der Waals surface area contributed by atoms with Crippen LogP contribution in [0.15, 0.2) is 14.7 Å². The van der Waals surface area contributed by atoms with Gasteiger partial charge in [0.05, 0.1) is 3.79 Å². The number of nitrogens with one attached hydrogen (secondary N) is 1. The second kappa shape index (κ2) is 8.48. The van der Waals surface area contributed by atoms with Crippen molar-refractivity contribution < 1.29 is 8.42 Å². The van der Waals surface area contributed by atoms with Gasteiger partial charge < -0.3 is 5.32 Å². The molecule has 0 aliphatic rings. The Morgan fingerprint density at radius 2 is 2.05 bits per heavy atom. The maximum atomic E-state index is 12.5. The lowest BCUT2D eigenvalue weighted by molar-refractivity contribution is 0.454. The third-order valence-electron chi connectivity index (χ3n) is 3.02. The van der Waals surface area contributed by atoms with Crippen molar-refractivity contribution in [3.8, 4) is 0 Å². The molecule has 4 nitrogen and oxygen atoms in total. The van der Waals surface area contributed by atoms with Crippen LogP contribution >= 0.6 is 27.3 Å². The number of rotatable bonds is 9. The smallest absolute Gasteiger partial charge is 0.244 e. The lowest BCUT2D eigenvalue weighted by atomic mass is 10.2. The molecule has 0 radical (unpaired) electrons. The minimum atomic E-state index is -3.39. The van der Waals surface area contributed by atoms with E-state index in [-0.39, 0.29) is 0 Å². The third-order valence-corrected chi connectivity index (χ3v) is 7.13. The van der Waals surface area contributed by atoms with Gasteiger partial charge in [0, 0.05) is 25.0 Å². The number of hydrogen-bond acceptors (Lipinski definition) is 4. The van der Waals surface area contributed by atoms with E-state index in [1.165, 1.54) is 15.6 Å². The van der Waals surface area contributed by atoms with E-state index in [1.807, 2.05) is 6.92 Å². The van der Waals surface area contributed by atoms with Gasteiger partial charge in [-0.05, 0) is 35.0 Å². The number of thiophene rings is 1. The molecule has 0 saturated carbocycles. The number of hydrogen-bond donors (Lipinski definition) is 1. The second-order valence-corrected chi connectivity index (χ2v) is 9.13. The zero-order valence-electron chi connectivity index (χ0n) is 12.3. The Labute approximate surface area is 134 Å². The lowest BCUT2D eigenvalue weighted by Crippen LogP contribution is -2.27. The van der Waals surface area contributed by atoms with Crippen molar-refractivity contribution >= 4 is 37.3 Å². The van der Waals surface area contributed by atoms with E-state index in [4.69, 9.17) is 0 Å². The lowest BCUT2D eigenvalue weighted by Gasteiger charge is -2.16. The molecular formula is C13H23BrN2O2S2. The molecule has 20 heavy (non-hydrogen) atoms. The molecule has 1 N–H and O–H groups in total. The summed E-state index contributed by atoms with van der Waals surface area (Å²) >= 11 is 4.86. The van der Waals surface area contributed by atoms with Crippen LogP contribution in [-0.4, -0.2) is 32.9 Å². The molecular weight excluding hydrogens is 360 g/mol. The van der Waals surface area contributed by atoms with Crippen LogP contribution < -0.4 is 5.32 Å². The monoisotopic (exact) mass is 382 g/mol. The quantitative estimate of drug-likeness (QED) is 0.665. The van der Waals surface area contributed by atoms with Crippen LogP contribution in [0.25, 0.3) is 0 Å². The summed E-state index contributed by atoms with van der Waals surface area (Å²) in [5.74, 6) is 0. The predicted molar refractivity (Wildman–Crippen MR) is 88.7 cm³/mol. The van der Waals surface area contributed by atoms with Crippen LogP contribution in [0.5, 0.6) is 0 Å². The Hall–Kier alpha value is 0.0500.